The Hall–Kier alpha value is -1.24. The van der Waals surface area contributed by atoms with Crippen LogP contribution in [0.15, 0.2) is 23.6 Å². The zero-order valence-corrected chi connectivity index (χ0v) is 12.3. The molecule has 0 unspecified atom stereocenters. The van der Waals surface area contributed by atoms with E-state index in [-0.39, 0.29) is 10.8 Å². The highest BCUT2D eigenvalue weighted by molar-refractivity contribution is 7.03. The third-order valence-corrected chi connectivity index (χ3v) is 4.28. The minimum absolute atomic E-state index is 0.174. The smallest absolute Gasteiger partial charge is 0.141 e. The van der Waals surface area contributed by atoms with Crippen LogP contribution in [0.5, 0.6) is 0 Å². The molecule has 1 atom stereocenters. The van der Waals surface area contributed by atoms with Crippen LogP contribution in [0.4, 0.5) is 10.1 Å². The van der Waals surface area contributed by atoms with Gasteiger partial charge in [0.2, 0.25) is 0 Å². The maximum atomic E-state index is 13.2. The Morgan fingerprint density at radius 1 is 1.50 bits per heavy atom. The summed E-state index contributed by atoms with van der Waals surface area (Å²) >= 11 is 7.19. The summed E-state index contributed by atoms with van der Waals surface area (Å²) in [6.45, 7) is 2.56. The largest absolute Gasteiger partial charge is 0.370 e. The molecule has 2 heterocycles. The van der Waals surface area contributed by atoms with Gasteiger partial charge in [-0.05, 0) is 36.2 Å². The first-order valence-electron chi connectivity index (χ1n) is 6.41. The zero-order valence-electron chi connectivity index (χ0n) is 10.7. The summed E-state index contributed by atoms with van der Waals surface area (Å²) in [4.78, 5) is 2.21. The Kier molecular flexibility index (Phi) is 4.14. The van der Waals surface area contributed by atoms with Crippen LogP contribution in [0.3, 0.4) is 0 Å². The van der Waals surface area contributed by atoms with Crippen LogP contribution >= 0.6 is 23.1 Å². The fraction of sp³-hybridized carbons (Fsp3) is 0.385. The molecule has 1 aromatic heterocycles. The second kappa shape index (κ2) is 6.03. The number of nitrogens with one attached hydrogen (secondary N) is 1. The van der Waals surface area contributed by atoms with E-state index < -0.39 is 0 Å². The summed E-state index contributed by atoms with van der Waals surface area (Å²) in [6, 6.07) is 5.28. The second-order valence-electron chi connectivity index (χ2n) is 4.81. The molecule has 4 nitrogen and oxygen atoms in total. The van der Waals surface area contributed by atoms with E-state index >= 15 is 0 Å². The molecule has 1 aliphatic heterocycles. The van der Waals surface area contributed by atoms with Crippen molar-refractivity contribution in [3.05, 3.63) is 40.1 Å². The topological polar surface area (TPSA) is 41.0 Å². The molecule has 7 heteroatoms. The molecule has 0 amide bonds. The Bertz CT molecular complexity index is 578. The van der Waals surface area contributed by atoms with Crippen molar-refractivity contribution in [3.63, 3.8) is 0 Å². The fourth-order valence-corrected chi connectivity index (χ4v) is 2.98. The lowest BCUT2D eigenvalue weighted by molar-refractivity contribution is 0.545. The van der Waals surface area contributed by atoms with Crippen LogP contribution in [0, 0.1) is 5.82 Å². The zero-order chi connectivity index (χ0) is 13.9. The molecule has 1 aliphatic rings. The normalized spacial score (nSPS) is 18.7. The predicted octanol–water partition coefficient (Wildman–Crippen LogP) is 2.70. The predicted molar refractivity (Wildman–Crippen MR) is 78.8 cm³/mol. The second-order valence-corrected chi connectivity index (χ2v) is 5.82. The van der Waals surface area contributed by atoms with Crippen LogP contribution in [0.1, 0.15) is 12.1 Å². The van der Waals surface area contributed by atoms with E-state index in [0.29, 0.717) is 6.04 Å². The highest BCUT2D eigenvalue weighted by atomic mass is 35.5. The Morgan fingerprint density at radius 3 is 3.15 bits per heavy atom. The highest BCUT2D eigenvalue weighted by Gasteiger charge is 2.22. The number of anilines is 1. The number of benzene rings is 1. The summed E-state index contributed by atoms with van der Waals surface area (Å²) < 4.78 is 17.0. The molecular formula is C13H14ClFN4S. The van der Waals surface area contributed by atoms with Crippen molar-refractivity contribution in [1.29, 1.82) is 0 Å². The van der Waals surface area contributed by atoms with Crippen molar-refractivity contribution in [2.75, 3.05) is 18.0 Å². The van der Waals surface area contributed by atoms with Crippen molar-refractivity contribution in [1.82, 2.24) is 14.9 Å². The van der Waals surface area contributed by atoms with Gasteiger partial charge in [-0.2, -0.15) is 0 Å². The molecule has 0 radical (unpaired) electrons. The lowest BCUT2D eigenvalue weighted by atomic mass is 10.2. The molecule has 1 fully saturated rings. The molecule has 1 aromatic carbocycles. The first-order valence-corrected chi connectivity index (χ1v) is 7.63. The number of nitrogens with zero attached hydrogens (tertiary/aromatic N) is 3. The fourth-order valence-electron chi connectivity index (χ4n) is 2.35. The van der Waals surface area contributed by atoms with Gasteiger partial charge in [0, 0.05) is 36.7 Å². The highest BCUT2D eigenvalue weighted by Crippen LogP contribution is 2.25. The minimum Gasteiger partial charge on any atom is -0.370 e. The lowest BCUT2D eigenvalue weighted by Gasteiger charge is -2.19. The third-order valence-electron chi connectivity index (χ3n) is 3.43. The van der Waals surface area contributed by atoms with E-state index in [0.717, 1.165) is 37.4 Å². The van der Waals surface area contributed by atoms with Crippen LogP contribution in [-0.4, -0.2) is 28.7 Å². The van der Waals surface area contributed by atoms with Crippen molar-refractivity contribution >= 4 is 28.8 Å². The molecule has 1 saturated heterocycles. The third kappa shape index (κ3) is 3.08. The van der Waals surface area contributed by atoms with Gasteiger partial charge in [-0.25, -0.2) is 4.39 Å². The van der Waals surface area contributed by atoms with E-state index in [4.69, 9.17) is 11.6 Å². The molecular weight excluding hydrogens is 299 g/mol. The Balaban J connectivity index is 1.57. The van der Waals surface area contributed by atoms with Gasteiger partial charge in [0.15, 0.2) is 0 Å². The van der Waals surface area contributed by atoms with Crippen molar-refractivity contribution in [2.45, 2.75) is 19.0 Å². The SMILES string of the molecule is Fc1ccc(N2CC[C@H](NCc3csnn3)C2)cc1Cl. The summed E-state index contributed by atoms with van der Waals surface area (Å²) in [5.41, 5.74) is 1.94. The van der Waals surface area contributed by atoms with Crippen LogP contribution in [0.2, 0.25) is 5.02 Å². The average Bonchev–Trinajstić information content (AvgIpc) is 3.10. The van der Waals surface area contributed by atoms with E-state index in [9.17, 15) is 4.39 Å². The van der Waals surface area contributed by atoms with Gasteiger partial charge in [0.25, 0.3) is 0 Å². The summed E-state index contributed by atoms with van der Waals surface area (Å²) in [5, 5.41) is 9.59. The molecule has 2 aromatic rings. The monoisotopic (exact) mass is 312 g/mol. The van der Waals surface area contributed by atoms with Crippen molar-refractivity contribution in [2.24, 2.45) is 0 Å². The molecule has 0 spiro atoms. The Labute approximate surface area is 125 Å². The lowest BCUT2D eigenvalue weighted by Crippen LogP contribution is -2.32. The van der Waals surface area contributed by atoms with Crippen molar-refractivity contribution in [3.8, 4) is 0 Å². The maximum Gasteiger partial charge on any atom is 0.141 e. The minimum atomic E-state index is -0.375. The standard InChI is InChI=1S/C13H14ClFN4S/c14-12-5-11(1-2-13(12)15)19-4-3-9(7-19)16-6-10-8-20-18-17-10/h1-2,5,8-9,16H,3-4,6-7H2/t9-/m0/s1. The van der Waals surface area contributed by atoms with Gasteiger partial charge in [-0.1, -0.05) is 16.1 Å². The first-order chi connectivity index (χ1) is 9.72. The first kappa shape index (κ1) is 13.7. The van der Waals surface area contributed by atoms with E-state index in [1.54, 1.807) is 12.1 Å². The average molecular weight is 313 g/mol. The van der Waals surface area contributed by atoms with Gasteiger partial charge in [0.05, 0.1) is 10.7 Å². The molecule has 0 bridgehead atoms. The van der Waals surface area contributed by atoms with Crippen LogP contribution < -0.4 is 10.2 Å². The van der Waals surface area contributed by atoms with Gasteiger partial charge < -0.3 is 10.2 Å². The molecule has 20 heavy (non-hydrogen) atoms. The van der Waals surface area contributed by atoms with Crippen molar-refractivity contribution < 1.29 is 4.39 Å². The summed E-state index contributed by atoms with van der Waals surface area (Å²) in [5.74, 6) is -0.375. The number of aromatic nitrogens is 2. The number of hydrogen-bond donors (Lipinski definition) is 1. The Morgan fingerprint density at radius 2 is 2.40 bits per heavy atom. The van der Waals surface area contributed by atoms with Crippen LogP contribution in [0.25, 0.3) is 0 Å². The molecule has 3 rings (SSSR count). The van der Waals surface area contributed by atoms with E-state index in [1.165, 1.54) is 17.6 Å². The number of hydrogen-bond acceptors (Lipinski definition) is 5. The van der Waals surface area contributed by atoms with Gasteiger partial charge in [-0.3, -0.25) is 0 Å². The number of rotatable bonds is 4. The molecule has 0 aliphatic carbocycles. The summed E-state index contributed by atoms with van der Waals surface area (Å²) in [7, 11) is 0. The van der Waals surface area contributed by atoms with Gasteiger partial charge in [0.1, 0.15) is 5.82 Å². The van der Waals surface area contributed by atoms with Gasteiger partial charge >= 0.3 is 0 Å². The summed E-state index contributed by atoms with van der Waals surface area (Å²) in [6.07, 6.45) is 1.05. The quantitative estimate of drug-likeness (QED) is 0.942. The maximum absolute atomic E-state index is 13.2. The molecule has 1 N–H and O–H groups in total. The molecule has 0 saturated carbocycles. The molecule has 106 valence electrons. The van der Waals surface area contributed by atoms with E-state index in [2.05, 4.69) is 19.8 Å². The van der Waals surface area contributed by atoms with E-state index in [1.807, 2.05) is 5.38 Å². The van der Waals surface area contributed by atoms with Gasteiger partial charge in [-0.15, -0.1) is 5.10 Å². The van der Waals surface area contributed by atoms with Crippen LogP contribution in [-0.2, 0) is 6.54 Å². The number of halogens is 2.